The molecule has 15 heteroatoms. The summed E-state index contributed by atoms with van der Waals surface area (Å²) in [5.41, 5.74) is -0.698. The molecule has 0 aromatic heterocycles. The number of anilines is 2. The Balaban J connectivity index is 1.64. The zero-order valence-corrected chi connectivity index (χ0v) is 26.1. The second-order valence-corrected chi connectivity index (χ2v) is 12.9. The number of carbonyl (C=O) groups is 2. The Bertz CT molecular complexity index is 1640. The lowest BCUT2D eigenvalue weighted by Gasteiger charge is -2.38. The molecule has 1 aliphatic rings. The van der Waals surface area contributed by atoms with Crippen LogP contribution in [0.1, 0.15) is 29.8 Å². The summed E-state index contributed by atoms with van der Waals surface area (Å²) in [5, 5.41) is 12.8. The predicted octanol–water partition coefficient (Wildman–Crippen LogP) is 5.54. The maximum absolute atomic E-state index is 13.7. The SMILES string of the molecule is C[C@@H]1CN([C@H](C)CO)C(=O)c2cccc(NS(=O)(=O)c3ccc(Cl)cc3)c2O[C@H]1CN(C)C(=O)Nc1ccc(C(F)(F)F)cc1. The number of benzene rings is 3. The van der Waals surface area contributed by atoms with E-state index in [-0.39, 0.29) is 47.3 Å². The number of ether oxygens (including phenoxy) is 1. The number of likely N-dealkylation sites (N-methyl/N-ethyl adjacent to an activating group) is 1. The summed E-state index contributed by atoms with van der Waals surface area (Å²) < 4.78 is 74.1. The normalized spacial score (nSPS) is 17.8. The van der Waals surface area contributed by atoms with E-state index in [0.717, 1.165) is 24.3 Å². The van der Waals surface area contributed by atoms with E-state index >= 15 is 0 Å². The molecule has 0 aliphatic carbocycles. The summed E-state index contributed by atoms with van der Waals surface area (Å²) >= 11 is 5.91. The highest BCUT2D eigenvalue weighted by Crippen LogP contribution is 2.36. The van der Waals surface area contributed by atoms with Gasteiger partial charge in [0.25, 0.3) is 15.9 Å². The highest BCUT2D eigenvalue weighted by atomic mass is 35.5. The van der Waals surface area contributed by atoms with Gasteiger partial charge in [0.05, 0.1) is 40.9 Å². The van der Waals surface area contributed by atoms with Crippen molar-refractivity contribution in [2.45, 2.75) is 37.1 Å². The van der Waals surface area contributed by atoms with Crippen molar-refractivity contribution in [3.05, 3.63) is 82.9 Å². The number of para-hydroxylation sites is 1. The van der Waals surface area contributed by atoms with Gasteiger partial charge in [-0.2, -0.15) is 13.2 Å². The number of aliphatic hydroxyl groups is 1. The van der Waals surface area contributed by atoms with Gasteiger partial charge in [-0.3, -0.25) is 9.52 Å². The molecule has 0 bridgehead atoms. The average Bonchev–Trinajstić information content (AvgIpc) is 2.98. The molecule has 0 spiro atoms. The number of nitrogens with zero attached hydrogens (tertiary/aromatic N) is 2. The summed E-state index contributed by atoms with van der Waals surface area (Å²) in [6.07, 6.45) is -5.32. The largest absolute Gasteiger partial charge is 0.485 e. The van der Waals surface area contributed by atoms with Crippen molar-refractivity contribution in [3.63, 3.8) is 0 Å². The minimum absolute atomic E-state index is 0.0247. The Kier molecular flexibility index (Phi) is 10.2. The number of sulfonamides is 1. The zero-order valence-electron chi connectivity index (χ0n) is 24.5. The summed E-state index contributed by atoms with van der Waals surface area (Å²) in [4.78, 5) is 29.3. The van der Waals surface area contributed by atoms with Crippen LogP contribution in [0.15, 0.2) is 71.6 Å². The van der Waals surface area contributed by atoms with Crippen LogP contribution in [-0.2, 0) is 16.2 Å². The van der Waals surface area contributed by atoms with E-state index in [9.17, 15) is 36.3 Å². The van der Waals surface area contributed by atoms with Gasteiger partial charge in [0, 0.05) is 30.2 Å². The number of carbonyl (C=O) groups excluding carboxylic acids is 2. The fourth-order valence-corrected chi connectivity index (χ4v) is 5.86. The molecule has 3 amide bonds. The fourth-order valence-electron chi connectivity index (χ4n) is 4.67. The molecule has 0 fully saturated rings. The maximum Gasteiger partial charge on any atom is 0.416 e. The summed E-state index contributed by atoms with van der Waals surface area (Å²) in [6.45, 7) is 3.19. The number of hydrogen-bond acceptors (Lipinski definition) is 6. The van der Waals surface area contributed by atoms with Crippen molar-refractivity contribution in [2.75, 3.05) is 36.8 Å². The van der Waals surface area contributed by atoms with Crippen LogP contribution in [0.5, 0.6) is 5.75 Å². The van der Waals surface area contributed by atoms with E-state index in [0.29, 0.717) is 5.02 Å². The second-order valence-electron chi connectivity index (χ2n) is 10.8. The van der Waals surface area contributed by atoms with Gasteiger partial charge >= 0.3 is 12.2 Å². The highest BCUT2D eigenvalue weighted by Gasteiger charge is 2.36. The molecule has 1 aliphatic heterocycles. The summed E-state index contributed by atoms with van der Waals surface area (Å²) in [7, 11) is -2.69. The standard InChI is InChI=1S/C30H32ClF3N4O6S/c1-18-15-38(19(2)17-39)28(40)24-5-4-6-25(36-45(42,43)23-13-9-21(31)10-14-23)27(24)44-26(18)16-37(3)29(41)35-22-11-7-20(8-12-22)30(32,33)34/h4-14,18-19,26,36,39H,15-17H2,1-3H3,(H,35,41)/t18-,19-,26+/m1/s1. The van der Waals surface area contributed by atoms with Gasteiger partial charge in [0.1, 0.15) is 6.10 Å². The number of urea groups is 1. The number of alkyl halides is 3. The van der Waals surface area contributed by atoms with Gasteiger partial charge in [-0.05, 0) is 67.6 Å². The van der Waals surface area contributed by atoms with Crippen LogP contribution in [0, 0.1) is 5.92 Å². The van der Waals surface area contributed by atoms with Crippen molar-refractivity contribution < 1.29 is 41.0 Å². The summed E-state index contributed by atoms with van der Waals surface area (Å²) in [6, 6.07) is 12.6. The topological polar surface area (TPSA) is 128 Å². The van der Waals surface area contributed by atoms with E-state index < -0.39 is 51.8 Å². The van der Waals surface area contributed by atoms with Gasteiger partial charge in [0.15, 0.2) is 5.75 Å². The van der Waals surface area contributed by atoms with E-state index in [1.165, 1.54) is 59.3 Å². The van der Waals surface area contributed by atoms with Crippen LogP contribution in [0.4, 0.5) is 29.3 Å². The van der Waals surface area contributed by atoms with Gasteiger partial charge < -0.3 is 25.0 Å². The minimum Gasteiger partial charge on any atom is -0.485 e. The Morgan fingerprint density at radius 1 is 1.13 bits per heavy atom. The van der Waals surface area contributed by atoms with Gasteiger partial charge in [-0.1, -0.05) is 24.6 Å². The van der Waals surface area contributed by atoms with Crippen molar-refractivity contribution in [2.24, 2.45) is 5.92 Å². The first-order chi connectivity index (χ1) is 21.1. The Labute approximate surface area is 263 Å². The number of aliphatic hydroxyl groups excluding tert-OH is 1. The second kappa shape index (κ2) is 13.5. The molecule has 242 valence electrons. The third-order valence-corrected chi connectivity index (χ3v) is 8.96. The van der Waals surface area contributed by atoms with Crippen LogP contribution in [-0.4, -0.2) is 74.2 Å². The minimum atomic E-state index is -4.52. The number of amides is 3. The molecule has 0 unspecified atom stereocenters. The molecule has 3 N–H and O–H groups in total. The number of rotatable bonds is 8. The van der Waals surface area contributed by atoms with Crippen molar-refractivity contribution in [1.82, 2.24) is 9.80 Å². The lowest BCUT2D eigenvalue weighted by Crippen LogP contribution is -2.50. The molecule has 4 rings (SSSR count). The monoisotopic (exact) mass is 668 g/mol. The molecule has 0 saturated carbocycles. The Hall–Kier alpha value is -4.01. The molecule has 3 aromatic rings. The smallest absolute Gasteiger partial charge is 0.416 e. The third kappa shape index (κ3) is 7.99. The fraction of sp³-hybridized carbons (Fsp3) is 0.333. The first-order valence-electron chi connectivity index (χ1n) is 13.8. The lowest BCUT2D eigenvalue weighted by atomic mass is 9.99. The lowest BCUT2D eigenvalue weighted by molar-refractivity contribution is -0.137. The van der Waals surface area contributed by atoms with E-state index in [1.54, 1.807) is 13.8 Å². The molecule has 0 saturated heterocycles. The van der Waals surface area contributed by atoms with Crippen LogP contribution in [0.2, 0.25) is 5.02 Å². The van der Waals surface area contributed by atoms with Crippen molar-refractivity contribution >= 4 is 44.9 Å². The van der Waals surface area contributed by atoms with Crippen molar-refractivity contribution in [1.29, 1.82) is 0 Å². The average molecular weight is 669 g/mol. The number of nitrogens with one attached hydrogen (secondary N) is 2. The molecular formula is C30H32ClF3N4O6S. The maximum atomic E-state index is 13.7. The molecule has 10 nitrogen and oxygen atoms in total. The number of fused-ring (bicyclic) bond motifs is 1. The van der Waals surface area contributed by atoms with Crippen molar-refractivity contribution in [3.8, 4) is 5.75 Å². The number of hydrogen-bond donors (Lipinski definition) is 3. The quantitative estimate of drug-likeness (QED) is 0.289. The van der Waals surface area contributed by atoms with Crippen LogP contribution in [0.3, 0.4) is 0 Å². The molecule has 1 heterocycles. The van der Waals surface area contributed by atoms with Crippen LogP contribution in [0.25, 0.3) is 0 Å². The third-order valence-electron chi connectivity index (χ3n) is 7.32. The van der Waals surface area contributed by atoms with E-state index in [2.05, 4.69) is 10.0 Å². The molecule has 45 heavy (non-hydrogen) atoms. The van der Waals surface area contributed by atoms with E-state index in [4.69, 9.17) is 16.3 Å². The van der Waals surface area contributed by atoms with E-state index in [1.807, 2.05) is 0 Å². The molecular weight excluding hydrogens is 637 g/mol. The first-order valence-corrected chi connectivity index (χ1v) is 15.7. The predicted molar refractivity (Wildman–Crippen MR) is 163 cm³/mol. The van der Waals surface area contributed by atoms with Gasteiger partial charge in [-0.15, -0.1) is 0 Å². The van der Waals surface area contributed by atoms with Gasteiger partial charge in [-0.25, -0.2) is 13.2 Å². The van der Waals surface area contributed by atoms with Crippen LogP contribution < -0.4 is 14.8 Å². The highest BCUT2D eigenvalue weighted by molar-refractivity contribution is 7.92. The Morgan fingerprint density at radius 3 is 2.38 bits per heavy atom. The summed E-state index contributed by atoms with van der Waals surface area (Å²) in [5.74, 6) is -0.987. The molecule has 3 aromatic carbocycles. The molecule has 3 atom stereocenters. The van der Waals surface area contributed by atoms with Gasteiger partial charge in [0.2, 0.25) is 0 Å². The molecule has 0 radical (unpaired) electrons. The zero-order chi connectivity index (χ0) is 33.1. The first kappa shape index (κ1) is 33.9. The number of halogens is 4. The van der Waals surface area contributed by atoms with Crippen LogP contribution >= 0.6 is 11.6 Å². The Morgan fingerprint density at radius 2 is 1.78 bits per heavy atom.